The number of carbonyl (C=O) groups is 2. The minimum atomic E-state index is -1.97. The molecule has 6 atom stereocenters. The van der Waals surface area contributed by atoms with Crippen molar-refractivity contribution in [1.29, 1.82) is 0 Å². The molecule has 0 aromatic heterocycles. The van der Waals surface area contributed by atoms with E-state index in [1.54, 1.807) is 13.8 Å². The fourth-order valence-electron chi connectivity index (χ4n) is 4.76. The van der Waals surface area contributed by atoms with E-state index >= 15 is 0 Å². The molecule has 0 aromatic rings. The third kappa shape index (κ3) is 4.36. The Bertz CT molecular complexity index is 587. The number of nitrogens with zero attached hydrogens (tertiary/aromatic N) is 1. The number of amides is 1. The molecule has 0 radical (unpaired) electrons. The molecule has 1 saturated heterocycles. The fourth-order valence-corrected chi connectivity index (χ4v) is 4.76. The first-order valence-corrected chi connectivity index (χ1v) is 10.3. The van der Waals surface area contributed by atoms with Gasteiger partial charge in [-0.15, -0.1) is 0 Å². The Kier molecular flexibility index (Phi) is 6.83. The van der Waals surface area contributed by atoms with Crippen LogP contribution in [-0.2, 0) is 23.8 Å². The lowest BCUT2D eigenvalue weighted by atomic mass is 9.75. The maximum Gasteiger partial charge on any atom is 0.340 e. The molecule has 2 rings (SSSR count). The second-order valence-electron chi connectivity index (χ2n) is 9.42. The molecule has 7 nitrogen and oxygen atoms in total. The van der Waals surface area contributed by atoms with Gasteiger partial charge in [-0.05, 0) is 51.4 Å². The van der Waals surface area contributed by atoms with Crippen molar-refractivity contribution in [1.82, 2.24) is 4.90 Å². The molecule has 162 valence electrons. The first kappa shape index (κ1) is 23.1. The molecule has 1 N–H and O–H groups in total. The number of aliphatic hydroxyl groups is 1. The number of hydrogen-bond donors (Lipinski definition) is 1. The smallest absolute Gasteiger partial charge is 0.340 e. The van der Waals surface area contributed by atoms with Gasteiger partial charge in [-0.1, -0.05) is 27.2 Å². The molecular formula is C21H37NO6. The Morgan fingerprint density at radius 2 is 1.89 bits per heavy atom. The third-order valence-electron chi connectivity index (χ3n) is 6.30. The van der Waals surface area contributed by atoms with E-state index in [2.05, 4.69) is 20.8 Å². The van der Waals surface area contributed by atoms with E-state index in [0.717, 1.165) is 19.3 Å². The monoisotopic (exact) mass is 399 g/mol. The van der Waals surface area contributed by atoms with Crippen molar-refractivity contribution in [3.63, 3.8) is 0 Å². The quantitative estimate of drug-likeness (QED) is 0.716. The maximum atomic E-state index is 13.1. The fraction of sp³-hybridized carbons (Fsp3) is 0.905. The van der Waals surface area contributed by atoms with E-state index in [4.69, 9.17) is 14.2 Å². The summed E-state index contributed by atoms with van der Waals surface area (Å²) in [6.45, 7) is 12.6. The average molecular weight is 400 g/mol. The molecule has 2 fully saturated rings. The lowest BCUT2D eigenvalue weighted by Gasteiger charge is -2.41. The van der Waals surface area contributed by atoms with E-state index in [1.165, 1.54) is 25.9 Å². The van der Waals surface area contributed by atoms with Crippen LogP contribution in [-0.4, -0.2) is 58.8 Å². The summed E-state index contributed by atoms with van der Waals surface area (Å²) in [6, 6.07) is -1.00. The van der Waals surface area contributed by atoms with E-state index in [0.29, 0.717) is 11.8 Å². The summed E-state index contributed by atoms with van der Waals surface area (Å²) in [6.07, 6.45) is 1.71. The maximum absolute atomic E-state index is 13.1. The lowest BCUT2D eigenvalue weighted by molar-refractivity contribution is -0.193. The lowest BCUT2D eigenvalue weighted by Crippen LogP contribution is -2.61. The number of carbonyl (C=O) groups excluding carboxylic acids is 2. The molecule has 0 bridgehead atoms. The van der Waals surface area contributed by atoms with Gasteiger partial charge in [0, 0.05) is 14.0 Å². The molecule has 2 aliphatic rings. The predicted molar refractivity (Wildman–Crippen MR) is 104 cm³/mol. The van der Waals surface area contributed by atoms with Crippen LogP contribution in [0.25, 0.3) is 0 Å². The van der Waals surface area contributed by atoms with Gasteiger partial charge in [0.2, 0.25) is 5.91 Å². The van der Waals surface area contributed by atoms with Crippen molar-refractivity contribution in [2.24, 2.45) is 17.8 Å². The minimum Gasteiger partial charge on any atom is -0.460 e. The van der Waals surface area contributed by atoms with Gasteiger partial charge in [0.15, 0.2) is 11.9 Å². The van der Waals surface area contributed by atoms with Crippen LogP contribution in [0, 0.1) is 17.8 Å². The van der Waals surface area contributed by atoms with Crippen LogP contribution in [0.4, 0.5) is 0 Å². The predicted octanol–water partition coefficient (Wildman–Crippen LogP) is 2.70. The summed E-state index contributed by atoms with van der Waals surface area (Å²) in [5.74, 6) is 0.0524. The highest BCUT2D eigenvalue weighted by atomic mass is 16.7. The highest BCUT2D eigenvalue weighted by Gasteiger charge is 2.60. The number of esters is 1. The molecule has 1 amide bonds. The zero-order valence-corrected chi connectivity index (χ0v) is 18.5. The summed E-state index contributed by atoms with van der Waals surface area (Å²) in [4.78, 5) is 26.8. The first-order chi connectivity index (χ1) is 12.8. The summed E-state index contributed by atoms with van der Waals surface area (Å²) in [5, 5.41) is 11.2. The van der Waals surface area contributed by atoms with E-state index in [-0.39, 0.29) is 17.9 Å². The molecule has 1 heterocycles. The molecule has 0 aromatic carbocycles. The van der Waals surface area contributed by atoms with Gasteiger partial charge in [-0.25, -0.2) is 4.79 Å². The molecule has 7 heteroatoms. The molecular weight excluding hydrogens is 362 g/mol. The summed E-state index contributed by atoms with van der Waals surface area (Å²) in [5.41, 5.74) is -2.98. The van der Waals surface area contributed by atoms with Crippen molar-refractivity contribution < 1.29 is 28.9 Å². The average Bonchev–Trinajstić information content (AvgIpc) is 2.85. The highest BCUT2D eigenvalue weighted by Crippen LogP contribution is 2.40. The van der Waals surface area contributed by atoms with E-state index < -0.39 is 29.6 Å². The number of rotatable bonds is 5. The zero-order valence-electron chi connectivity index (χ0n) is 18.5. The molecule has 1 saturated carbocycles. The van der Waals surface area contributed by atoms with Gasteiger partial charge < -0.3 is 24.2 Å². The van der Waals surface area contributed by atoms with Crippen LogP contribution < -0.4 is 0 Å². The Hall–Kier alpha value is -1.18. The third-order valence-corrected chi connectivity index (χ3v) is 6.30. The number of hydrogen-bond acceptors (Lipinski definition) is 6. The molecule has 1 aliphatic carbocycles. The van der Waals surface area contributed by atoms with Gasteiger partial charge in [-0.2, -0.15) is 0 Å². The van der Waals surface area contributed by atoms with Gasteiger partial charge in [-0.3, -0.25) is 4.79 Å². The second-order valence-corrected chi connectivity index (χ2v) is 9.42. The van der Waals surface area contributed by atoms with Crippen molar-refractivity contribution in [3.05, 3.63) is 0 Å². The normalized spacial score (nSPS) is 34.9. The van der Waals surface area contributed by atoms with Crippen LogP contribution in [0.15, 0.2) is 0 Å². The van der Waals surface area contributed by atoms with Crippen molar-refractivity contribution in [2.75, 3.05) is 7.11 Å². The molecule has 0 unspecified atom stereocenters. The van der Waals surface area contributed by atoms with Crippen molar-refractivity contribution >= 4 is 11.9 Å². The molecule has 28 heavy (non-hydrogen) atoms. The van der Waals surface area contributed by atoms with Crippen LogP contribution in [0.2, 0.25) is 0 Å². The van der Waals surface area contributed by atoms with E-state index in [1.807, 2.05) is 0 Å². The summed E-state index contributed by atoms with van der Waals surface area (Å²) in [7, 11) is 1.43. The summed E-state index contributed by atoms with van der Waals surface area (Å²) < 4.78 is 17.0. The zero-order chi connectivity index (χ0) is 21.4. The molecule has 1 aliphatic heterocycles. The van der Waals surface area contributed by atoms with Crippen LogP contribution in [0.5, 0.6) is 0 Å². The SMILES string of the molecule is CO[C@H]1OC(C)(C)N(C(C)=O)[C@H]1[C@@](C)(O)C(=O)O[C@@H]1C[C@H](C)CC[C@H]1C(C)C. The van der Waals surface area contributed by atoms with Crippen molar-refractivity contribution in [2.45, 2.75) is 97.5 Å². The second kappa shape index (κ2) is 8.28. The van der Waals surface area contributed by atoms with Gasteiger partial charge >= 0.3 is 5.97 Å². The highest BCUT2D eigenvalue weighted by molar-refractivity contribution is 5.82. The van der Waals surface area contributed by atoms with Gasteiger partial charge in [0.1, 0.15) is 17.9 Å². The Morgan fingerprint density at radius 1 is 1.29 bits per heavy atom. The number of ether oxygens (including phenoxy) is 3. The van der Waals surface area contributed by atoms with Crippen LogP contribution >= 0.6 is 0 Å². The van der Waals surface area contributed by atoms with Crippen LogP contribution in [0.3, 0.4) is 0 Å². The van der Waals surface area contributed by atoms with Gasteiger partial charge in [0.05, 0.1) is 0 Å². The Morgan fingerprint density at radius 3 is 2.39 bits per heavy atom. The van der Waals surface area contributed by atoms with Crippen molar-refractivity contribution in [3.8, 4) is 0 Å². The standard InChI is InChI=1S/C21H37NO6/c1-12(2)15-10-9-13(3)11-16(15)27-19(24)21(7,25)17-18(26-8)28-20(5,6)22(17)14(4)23/h12-13,15-18,25H,9-11H2,1-8H3/t13-,15+,16-,17-,18+,21-/m1/s1. The first-order valence-electron chi connectivity index (χ1n) is 10.3. The topological polar surface area (TPSA) is 85.3 Å². The minimum absolute atomic E-state index is 0.246. The van der Waals surface area contributed by atoms with Gasteiger partial charge in [0.25, 0.3) is 0 Å². The van der Waals surface area contributed by atoms with E-state index in [9.17, 15) is 14.7 Å². The Balaban J connectivity index is 2.28. The summed E-state index contributed by atoms with van der Waals surface area (Å²) >= 11 is 0. The molecule has 0 spiro atoms. The van der Waals surface area contributed by atoms with Crippen LogP contribution in [0.1, 0.15) is 67.7 Å². The number of methoxy groups -OCH3 is 1. The largest absolute Gasteiger partial charge is 0.460 e. The Labute approximate surface area is 168 Å².